The van der Waals surface area contributed by atoms with E-state index in [4.69, 9.17) is 17.0 Å². The molecule has 1 aliphatic rings. The number of hydrogen-bond donors (Lipinski definition) is 1. The van der Waals surface area contributed by atoms with E-state index in [0.29, 0.717) is 0 Å². The molecule has 0 aliphatic carbocycles. The summed E-state index contributed by atoms with van der Waals surface area (Å²) in [5.41, 5.74) is 6.59. The van der Waals surface area contributed by atoms with E-state index in [1.807, 2.05) is 6.92 Å². The number of ether oxygens (including phenoxy) is 1. The Morgan fingerprint density at radius 2 is 2.00 bits per heavy atom. The number of benzene rings is 2. The van der Waals surface area contributed by atoms with Crippen LogP contribution in [0.1, 0.15) is 56.7 Å². The minimum atomic E-state index is 0.756. The second kappa shape index (κ2) is 12.8. The van der Waals surface area contributed by atoms with Gasteiger partial charge in [-0.1, -0.05) is 38.1 Å². The molecule has 0 saturated heterocycles. The summed E-state index contributed by atoms with van der Waals surface area (Å²) in [6.07, 6.45) is 5.57. The van der Waals surface area contributed by atoms with Gasteiger partial charge >= 0.3 is 0 Å². The van der Waals surface area contributed by atoms with E-state index in [2.05, 4.69) is 71.4 Å². The minimum absolute atomic E-state index is 0.756. The average Bonchev–Trinajstić information content (AvgIpc) is 2.81. The molecule has 3 rings (SSSR count). The molecular formula is C27H39N3OS. The number of hydrogen-bond acceptors (Lipinski definition) is 3. The van der Waals surface area contributed by atoms with Crippen LogP contribution in [0.15, 0.2) is 42.5 Å². The summed E-state index contributed by atoms with van der Waals surface area (Å²) < 4.78 is 5.58. The summed E-state index contributed by atoms with van der Waals surface area (Å²) >= 11 is 5.85. The van der Waals surface area contributed by atoms with Crippen molar-refractivity contribution in [2.24, 2.45) is 0 Å². The van der Waals surface area contributed by atoms with Crippen LogP contribution in [0, 0.1) is 0 Å². The van der Waals surface area contributed by atoms with E-state index in [1.54, 1.807) is 0 Å². The van der Waals surface area contributed by atoms with Gasteiger partial charge in [-0.2, -0.15) is 0 Å². The maximum atomic E-state index is 5.85. The predicted molar refractivity (Wildman–Crippen MR) is 141 cm³/mol. The SMILES string of the molecule is CCCN1CCCc2cc(CN(CCCOCC)C(=S)Nc3cccc(CC)c3)ccc21. The monoisotopic (exact) mass is 453 g/mol. The molecule has 0 unspecified atom stereocenters. The molecule has 0 radical (unpaired) electrons. The van der Waals surface area contributed by atoms with Gasteiger partial charge in [0.2, 0.25) is 0 Å². The Bertz CT molecular complexity index is 870. The third-order valence-corrected chi connectivity index (χ3v) is 6.38. The fourth-order valence-corrected chi connectivity index (χ4v) is 4.65. The normalized spacial score (nSPS) is 13.0. The summed E-state index contributed by atoms with van der Waals surface area (Å²) in [6, 6.07) is 15.5. The molecule has 32 heavy (non-hydrogen) atoms. The average molecular weight is 454 g/mol. The highest BCUT2D eigenvalue weighted by Crippen LogP contribution is 2.28. The topological polar surface area (TPSA) is 27.7 Å². The van der Waals surface area contributed by atoms with Crippen molar-refractivity contribution in [1.82, 2.24) is 4.90 Å². The van der Waals surface area contributed by atoms with Crippen molar-refractivity contribution in [3.63, 3.8) is 0 Å². The van der Waals surface area contributed by atoms with E-state index in [-0.39, 0.29) is 0 Å². The lowest BCUT2D eigenvalue weighted by Gasteiger charge is -2.32. The molecule has 2 aromatic rings. The van der Waals surface area contributed by atoms with Crippen molar-refractivity contribution in [2.45, 2.75) is 59.4 Å². The van der Waals surface area contributed by atoms with Crippen LogP contribution in [0.5, 0.6) is 0 Å². The smallest absolute Gasteiger partial charge is 0.173 e. The highest BCUT2D eigenvalue weighted by Gasteiger charge is 2.18. The number of anilines is 2. The quantitative estimate of drug-likeness (QED) is 0.331. The first kappa shape index (κ1) is 24.5. The van der Waals surface area contributed by atoms with Crippen molar-refractivity contribution in [1.29, 1.82) is 0 Å². The van der Waals surface area contributed by atoms with Crippen molar-refractivity contribution in [2.75, 3.05) is 43.1 Å². The number of fused-ring (bicyclic) bond motifs is 1. The summed E-state index contributed by atoms with van der Waals surface area (Å²) in [6.45, 7) is 12.0. The first-order valence-corrected chi connectivity index (χ1v) is 12.6. The molecular weight excluding hydrogens is 414 g/mol. The molecule has 5 heteroatoms. The van der Waals surface area contributed by atoms with Gasteiger partial charge in [0.1, 0.15) is 0 Å². The Balaban J connectivity index is 1.72. The molecule has 0 bridgehead atoms. The highest BCUT2D eigenvalue weighted by molar-refractivity contribution is 7.80. The molecule has 0 saturated carbocycles. The zero-order valence-electron chi connectivity index (χ0n) is 20.0. The van der Waals surface area contributed by atoms with Crippen LogP contribution in [-0.4, -0.2) is 42.9 Å². The second-order valence-corrected chi connectivity index (χ2v) is 8.90. The van der Waals surface area contributed by atoms with Crippen molar-refractivity contribution >= 4 is 28.7 Å². The first-order chi connectivity index (χ1) is 15.6. The summed E-state index contributed by atoms with van der Waals surface area (Å²) in [7, 11) is 0. The van der Waals surface area contributed by atoms with Crippen LogP contribution in [0.2, 0.25) is 0 Å². The first-order valence-electron chi connectivity index (χ1n) is 12.2. The lowest BCUT2D eigenvalue weighted by atomic mass is 9.99. The van der Waals surface area contributed by atoms with Crippen LogP contribution in [0.3, 0.4) is 0 Å². The standard InChI is InChI=1S/C27H39N3OS/c1-4-15-29-16-8-11-24-19-23(13-14-26(24)29)21-30(17-9-18-31-6-3)27(32)28-25-12-7-10-22(5-2)20-25/h7,10,12-14,19-20H,4-6,8-9,11,15-18,21H2,1-3H3,(H,28,32). The molecule has 1 heterocycles. The molecule has 0 fully saturated rings. The number of rotatable bonds is 11. The van der Waals surface area contributed by atoms with E-state index in [1.165, 1.54) is 48.2 Å². The van der Waals surface area contributed by atoms with Crippen LogP contribution in [0.4, 0.5) is 11.4 Å². The third kappa shape index (κ3) is 6.94. The lowest BCUT2D eigenvalue weighted by Crippen LogP contribution is -2.35. The largest absolute Gasteiger partial charge is 0.382 e. The zero-order valence-corrected chi connectivity index (χ0v) is 20.8. The fourth-order valence-electron chi connectivity index (χ4n) is 4.38. The van der Waals surface area contributed by atoms with Crippen LogP contribution in [-0.2, 0) is 24.1 Å². The highest BCUT2D eigenvalue weighted by atomic mass is 32.1. The van der Waals surface area contributed by atoms with Crippen LogP contribution < -0.4 is 10.2 Å². The van der Waals surface area contributed by atoms with Crippen LogP contribution >= 0.6 is 12.2 Å². The predicted octanol–water partition coefficient (Wildman–Crippen LogP) is 6.04. The Labute approximate surface area is 199 Å². The molecule has 0 atom stereocenters. The molecule has 0 spiro atoms. The van der Waals surface area contributed by atoms with Gasteiger partial charge in [0.05, 0.1) is 0 Å². The number of nitrogens with one attached hydrogen (secondary N) is 1. The van der Waals surface area contributed by atoms with E-state index < -0.39 is 0 Å². The van der Waals surface area contributed by atoms with Gasteiger partial charge in [0.25, 0.3) is 0 Å². The Morgan fingerprint density at radius 3 is 2.78 bits per heavy atom. The van der Waals surface area contributed by atoms with Crippen LogP contribution in [0.25, 0.3) is 0 Å². The van der Waals surface area contributed by atoms with Gasteiger partial charge in [0.15, 0.2) is 5.11 Å². The van der Waals surface area contributed by atoms with E-state index >= 15 is 0 Å². The molecule has 1 aliphatic heterocycles. The molecule has 2 aromatic carbocycles. The molecule has 1 N–H and O–H groups in total. The third-order valence-electron chi connectivity index (χ3n) is 6.02. The number of aryl methyl sites for hydroxylation is 2. The lowest BCUT2D eigenvalue weighted by molar-refractivity contribution is 0.139. The maximum Gasteiger partial charge on any atom is 0.173 e. The Kier molecular flexibility index (Phi) is 9.82. The number of nitrogens with zero attached hydrogens (tertiary/aromatic N) is 2. The maximum absolute atomic E-state index is 5.85. The van der Waals surface area contributed by atoms with Crippen molar-refractivity contribution in [3.8, 4) is 0 Å². The van der Waals surface area contributed by atoms with Gasteiger partial charge in [-0.25, -0.2) is 0 Å². The van der Waals surface area contributed by atoms with Crippen molar-refractivity contribution < 1.29 is 4.74 Å². The van der Waals surface area contributed by atoms with E-state index in [9.17, 15) is 0 Å². The zero-order chi connectivity index (χ0) is 22.8. The van der Waals surface area contributed by atoms with Gasteiger partial charge in [-0.05, 0) is 86.1 Å². The second-order valence-electron chi connectivity index (χ2n) is 8.51. The molecule has 174 valence electrons. The Hall–Kier alpha value is -2.11. The molecule has 0 amide bonds. The van der Waals surface area contributed by atoms with Gasteiger partial charge in [-0.15, -0.1) is 0 Å². The summed E-state index contributed by atoms with van der Waals surface area (Å²) in [5, 5.41) is 4.25. The van der Waals surface area contributed by atoms with Crippen molar-refractivity contribution in [3.05, 3.63) is 59.2 Å². The van der Waals surface area contributed by atoms with Gasteiger partial charge in [0, 0.05) is 50.8 Å². The summed E-state index contributed by atoms with van der Waals surface area (Å²) in [5.74, 6) is 0. The summed E-state index contributed by atoms with van der Waals surface area (Å²) in [4.78, 5) is 4.82. The minimum Gasteiger partial charge on any atom is -0.382 e. The van der Waals surface area contributed by atoms with E-state index in [0.717, 1.165) is 56.5 Å². The van der Waals surface area contributed by atoms with Gasteiger partial charge in [-0.3, -0.25) is 0 Å². The molecule has 0 aromatic heterocycles. The number of thiocarbonyl (C=S) groups is 1. The molecule has 4 nitrogen and oxygen atoms in total. The Morgan fingerprint density at radius 1 is 1.12 bits per heavy atom. The van der Waals surface area contributed by atoms with Gasteiger partial charge < -0.3 is 19.9 Å². The fraction of sp³-hybridized carbons (Fsp3) is 0.519.